The van der Waals surface area contributed by atoms with Gasteiger partial charge in [-0.3, -0.25) is 19.1 Å². The number of nitrogens with one attached hydrogen (secondary N) is 4. The molecule has 0 aliphatic heterocycles. The van der Waals surface area contributed by atoms with Crippen LogP contribution in [0.3, 0.4) is 0 Å². The second-order valence-corrected chi connectivity index (χ2v) is 5.88. The highest BCUT2D eigenvalue weighted by molar-refractivity contribution is 7.79. The molecule has 156 valence electrons. The van der Waals surface area contributed by atoms with E-state index in [0.717, 1.165) is 0 Å². The van der Waals surface area contributed by atoms with Gasteiger partial charge in [0.25, 0.3) is 0 Å². The quantitative estimate of drug-likeness (QED) is 0.124. The first-order chi connectivity index (χ1) is 13.3. The molecule has 0 saturated heterocycles. The van der Waals surface area contributed by atoms with Crippen molar-refractivity contribution in [3.63, 3.8) is 0 Å². The Morgan fingerprint density at radius 3 is 1.28 bits per heavy atom. The largest absolute Gasteiger partial charge is 0.394 e. The Kier molecular flexibility index (Phi) is 5.66. The van der Waals surface area contributed by atoms with Crippen LogP contribution in [0, 0.1) is 0 Å². The molecular formula is C10H14N12O6S. The number of nitrogens with two attached hydrogens (primary N) is 4. The molecule has 0 amide bonds. The highest BCUT2D eigenvalue weighted by Crippen LogP contribution is 2.12. The fourth-order valence-corrected chi connectivity index (χ4v) is 1.92. The van der Waals surface area contributed by atoms with Crippen LogP contribution in [0.15, 0.2) is 9.59 Å². The van der Waals surface area contributed by atoms with Crippen LogP contribution in [0.1, 0.15) is 0 Å². The van der Waals surface area contributed by atoms with E-state index < -0.39 is 10.4 Å². The van der Waals surface area contributed by atoms with E-state index in [4.69, 9.17) is 40.5 Å². The average molecular weight is 430 g/mol. The van der Waals surface area contributed by atoms with Crippen LogP contribution in [-0.2, 0) is 10.4 Å². The highest BCUT2D eigenvalue weighted by atomic mass is 32.3. The van der Waals surface area contributed by atoms with E-state index in [1.165, 1.54) is 0 Å². The first-order valence-corrected chi connectivity index (χ1v) is 8.45. The van der Waals surface area contributed by atoms with Crippen LogP contribution in [0.4, 0.5) is 23.5 Å². The number of imidazole rings is 2. The topological polar surface area (TPSA) is 328 Å². The monoisotopic (exact) mass is 430 g/mol. The van der Waals surface area contributed by atoms with E-state index in [0.29, 0.717) is 22.3 Å². The molecule has 29 heavy (non-hydrogen) atoms. The van der Waals surface area contributed by atoms with Gasteiger partial charge in [-0.2, -0.15) is 28.4 Å². The molecule has 0 bridgehead atoms. The summed E-state index contributed by atoms with van der Waals surface area (Å²) in [6, 6.07) is 0. The van der Waals surface area contributed by atoms with Gasteiger partial charge < -0.3 is 32.9 Å². The summed E-state index contributed by atoms with van der Waals surface area (Å²) in [7, 11) is -4.67. The van der Waals surface area contributed by atoms with Crippen molar-refractivity contribution in [2.24, 2.45) is 0 Å². The predicted octanol–water partition coefficient (Wildman–Crippen LogP) is -3.03. The number of fused-ring (bicyclic) bond motifs is 2. The van der Waals surface area contributed by atoms with Crippen molar-refractivity contribution in [2.75, 3.05) is 22.9 Å². The summed E-state index contributed by atoms with van der Waals surface area (Å²) >= 11 is 0. The van der Waals surface area contributed by atoms with E-state index in [2.05, 4.69) is 39.9 Å². The van der Waals surface area contributed by atoms with E-state index in [1.807, 2.05) is 0 Å². The van der Waals surface area contributed by atoms with Crippen molar-refractivity contribution in [3.8, 4) is 0 Å². The molecule has 4 rings (SSSR count). The van der Waals surface area contributed by atoms with Gasteiger partial charge in [-0.15, -0.1) is 0 Å². The maximum Gasteiger partial charge on any atom is 0.394 e. The maximum atomic E-state index is 10.8. The summed E-state index contributed by atoms with van der Waals surface area (Å²) < 4.78 is 31.6. The molecule has 19 heteroatoms. The van der Waals surface area contributed by atoms with Gasteiger partial charge in [0.2, 0.25) is 11.9 Å². The number of rotatable bonds is 0. The standard InChI is InChI=1S/2C5H6N6O.H2O4S/c2*6-2-1-3(10-4(7)9-2)11-5(12)8-1;1-5(2,3)4/h2*(H6,6,7,8,9,10,11,12);(H2,1,2,3,4). The van der Waals surface area contributed by atoms with Gasteiger partial charge in [0.15, 0.2) is 22.9 Å². The molecule has 0 aliphatic rings. The van der Waals surface area contributed by atoms with E-state index in [1.54, 1.807) is 0 Å². The smallest absolute Gasteiger partial charge is 0.382 e. The summed E-state index contributed by atoms with van der Waals surface area (Å²) in [5.74, 6) is 0.400. The number of nitrogens with zero attached hydrogens (tertiary/aromatic N) is 4. The first-order valence-electron chi connectivity index (χ1n) is 7.05. The van der Waals surface area contributed by atoms with Gasteiger partial charge in [0.1, 0.15) is 11.0 Å². The predicted molar refractivity (Wildman–Crippen MR) is 101 cm³/mol. The van der Waals surface area contributed by atoms with Crippen molar-refractivity contribution in [3.05, 3.63) is 21.0 Å². The van der Waals surface area contributed by atoms with Gasteiger partial charge in [-0.1, -0.05) is 0 Å². The Balaban J connectivity index is 0.000000170. The van der Waals surface area contributed by atoms with Crippen molar-refractivity contribution < 1.29 is 17.5 Å². The number of hydrogen-bond acceptors (Lipinski definition) is 12. The summed E-state index contributed by atoms with van der Waals surface area (Å²) in [5, 5.41) is 0. The van der Waals surface area contributed by atoms with E-state index in [-0.39, 0.29) is 34.9 Å². The molecule has 0 saturated carbocycles. The molecule has 0 fully saturated rings. The molecule has 0 atom stereocenters. The molecule has 0 aliphatic carbocycles. The molecule has 4 aromatic heterocycles. The van der Waals surface area contributed by atoms with Crippen LogP contribution in [0.5, 0.6) is 0 Å². The molecular weight excluding hydrogens is 416 g/mol. The molecule has 4 heterocycles. The highest BCUT2D eigenvalue weighted by Gasteiger charge is 2.06. The van der Waals surface area contributed by atoms with E-state index >= 15 is 0 Å². The normalized spacial score (nSPS) is 10.8. The van der Waals surface area contributed by atoms with Gasteiger partial charge in [0.05, 0.1) is 0 Å². The second-order valence-electron chi connectivity index (χ2n) is 4.99. The number of aromatic nitrogens is 8. The lowest BCUT2D eigenvalue weighted by Crippen LogP contribution is -2.00. The average Bonchev–Trinajstić information content (AvgIpc) is 3.08. The Morgan fingerprint density at radius 2 is 0.966 bits per heavy atom. The van der Waals surface area contributed by atoms with Crippen LogP contribution in [0.2, 0.25) is 0 Å². The van der Waals surface area contributed by atoms with Gasteiger partial charge in [0, 0.05) is 0 Å². The van der Waals surface area contributed by atoms with Crippen molar-refractivity contribution in [1.29, 1.82) is 0 Å². The molecule has 18 nitrogen and oxygen atoms in total. The van der Waals surface area contributed by atoms with Crippen LogP contribution in [0.25, 0.3) is 22.3 Å². The SMILES string of the molecule is Nc1nc(N)c2[nH]c(=O)[nH]c2n1.Nc1nc(N)c2[nH]c(=O)[nH]c2n1.O=S(=O)(O)O. The lowest BCUT2D eigenvalue weighted by atomic mass is 10.5. The second kappa shape index (κ2) is 7.79. The van der Waals surface area contributed by atoms with Crippen molar-refractivity contribution >= 4 is 56.3 Å². The lowest BCUT2D eigenvalue weighted by Gasteiger charge is -1.94. The number of hydrogen-bond donors (Lipinski definition) is 10. The fraction of sp³-hybridized carbons (Fsp3) is 0. The summed E-state index contributed by atoms with van der Waals surface area (Å²) in [4.78, 5) is 46.1. The van der Waals surface area contributed by atoms with Gasteiger partial charge in [-0.25, -0.2) is 9.59 Å². The molecule has 0 aromatic carbocycles. The zero-order chi connectivity index (χ0) is 21.9. The summed E-state index contributed by atoms with van der Waals surface area (Å²) in [6.07, 6.45) is 0. The Bertz CT molecular complexity index is 1280. The minimum atomic E-state index is -4.67. The van der Waals surface area contributed by atoms with Crippen LogP contribution < -0.4 is 34.3 Å². The lowest BCUT2D eigenvalue weighted by molar-refractivity contribution is 0.381. The van der Waals surface area contributed by atoms with Crippen LogP contribution in [-0.4, -0.2) is 57.4 Å². The summed E-state index contributed by atoms with van der Waals surface area (Å²) in [6.45, 7) is 0. The van der Waals surface area contributed by atoms with Gasteiger partial charge >= 0.3 is 21.8 Å². The molecule has 14 N–H and O–H groups in total. The minimum absolute atomic E-state index is 0.0373. The Hall–Kier alpha value is -4.23. The van der Waals surface area contributed by atoms with Crippen LogP contribution >= 0.6 is 0 Å². The van der Waals surface area contributed by atoms with E-state index in [9.17, 15) is 9.59 Å². The van der Waals surface area contributed by atoms with Gasteiger partial charge in [-0.05, 0) is 0 Å². The first kappa shape index (κ1) is 21.1. The Labute approximate surface area is 158 Å². The number of H-pyrrole nitrogens is 4. The third kappa shape index (κ3) is 5.88. The Morgan fingerprint density at radius 1 is 0.655 bits per heavy atom. The fourth-order valence-electron chi connectivity index (χ4n) is 1.92. The number of aromatic amines is 4. The molecule has 4 aromatic rings. The maximum absolute atomic E-state index is 10.8. The van der Waals surface area contributed by atoms with Crippen molar-refractivity contribution in [2.45, 2.75) is 0 Å². The summed E-state index contributed by atoms with van der Waals surface area (Å²) in [5.41, 5.74) is 22.1. The zero-order valence-corrected chi connectivity index (χ0v) is 14.9. The molecule has 0 radical (unpaired) electrons. The zero-order valence-electron chi connectivity index (χ0n) is 14.0. The molecule has 0 unspecified atom stereocenters. The third-order valence-corrected chi connectivity index (χ3v) is 2.85. The minimum Gasteiger partial charge on any atom is -0.382 e. The third-order valence-electron chi connectivity index (χ3n) is 2.85. The number of nitrogen functional groups attached to an aromatic ring is 4. The number of anilines is 4. The van der Waals surface area contributed by atoms with Crippen molar-refractivity contribution in [1.82, 2.24) is 39.9 Å². The molecule has 0 spiro atoms.